The van der Waals surface area contributed by atoms with Crippen LogP contribution in [0.25, 0.3) is 11.2 Å². The largest absolute Gasteiger partial charge is 0.481 e. The van der Waals surface area contributed by atoms with Crippen molar-refractivity contribution in [3.05, 3.63) is 53.7 Å². The van der Waals surface area contributed by atoms with E-state index in [0.717, 1.165) is 5.56 Å². The Morgan fingerprint density at radius 2 is 1.96 bits per heavy atom. The maximum absolute atomic E-state index is 12.3. The molecule has 0 saturated carbocycles. The molecule has 0 aliphatic carbocycles. The Hall–Kier alpha value is -3.04. The van der Waals surface area contributed by atoms with Gasteiger partial charge in [-0.1, -0.05) is 41.9 Å². The van der Waals surface area contributed by atoms with E-state index in [4.69, 9.17) is 22.1 Å². The third kappa shape index (κ3) is 3.48. The lowest BCUT2D eigenvalue weighted by Crippen LogP contribution is -2.39. The van der Waals surface area contributed by atoms with Crippen molar-refractivity contribution >= 4 is 34.7 Å². The van der Waals surface area contributed by atoms with Crippen molar-refractivity contribution in [2.45, 2.75) is 12.8 Å². The molecule has 0 radical (unpaired) electrons. The van der Waals surface area contributed by atoms with Gasteiger partial charge in [-0.15, -0.1) is 0 Å². The molecule has 10 heteroatoms. The molecule has 0 fully saturated rings. The third-order valence-corrected chi connectivity index (χ3v) is 4.00. The van der Waals surface area contributed by atoms with Crippen LogP contribution in [0.1, 0.15) is 11.7 Å². The number of benzene rings is 1. The Morgan fingerprint density at radius 3 is 2.65 bits per heavy atom. The highest BCUT2D eigenvalue weighted by atomic mass is 35.5. The summed E-state index contributed by atoms with van der Waals surface area (Å²) in [4.78, 5) is 35.7. The first-order valence-corrected chi connectivity index (χ1v) is 7.89. The number of hydrogen-bond acceptors (Lipinski definition) is 7. The first-order chi connectivity index (χ1) is 12.5. The summed E-state index contributed by atoms with van der Waals surface area (Å²) in [6.07, 6.45) is 1.17. The minimum absolute atomic E-state index is 0.0607. The zero-order valence-corrected chi connectivity index (χ0v) is 14.1. The van der Waals surface area contributed by atoms with Gasteiger partial charge < -0.3 is 15.6 Å². The summed E-state index contributed by atoms with van der Waals surface area (Å²) in [5.41, 5.74) is 7.21. The summed E-state index contributed by atoms with van der Waals surface area (Å²) < 4.78 is 6.37. The van der Waals surface area contributed by atoms with Crippen molar-refractivity contribution in [1.29, 1.82) is 0 Å². The highest BCUT2D eigenvalue weighted by molar-refractivity contribution is 6.33. The quantitative estimate of drug-likeness (QED) is 0.375. The lowest BCUT2D eigenvalue weighted by atomic mass is 10.1. The van der Waals surface area contributed by atoms with Crippen LogP contribution in [-0.2, 0) is 20.9 Å². The van der Waals surface area contributed by atoms with Crippen LogP contribution in [0.3, 0.4) is 0 Å². The van der Waals surface area contributed by atoms with E-state index in [2.05, 4.69) is 15.0 Å². The Bertz CT molecular complexity index is 946. The van der Waals surface area contributed by atoms with E-state index in [1.165, 1.54) is 17.2 Å². The van der Waals surface area contributed by atoms with Gasteiger partial charge in [0.05, 0.1) is 6.33 Å². The van der Waals surface area contributed by atoms with Gasteiger partial charge in [-0.2, -0.15) is 0 Å². The van der Waals surface area contributed by atoms with E-state index in [1.807, 2.05) is 6.07 Å². The normalized spacial score (nSPS) is 13.3. The number of fused-ring (bicyclic) bond motifs is 1. The molecule has 0 amide bonds. The summed E-state index contributed by atoms with van der Waals surface area (Å²) in [7, 11) is 0. The maximum Gasteiger partial charge on any atom is 0.324 e. The number of aliphatic carboxylic acids is 1. The molecule has 0 bridgehead atoms. The number of carboxylic acid groups (broad SMARTS) is 1. The zero-order valence-electron chi connectivity index (χ0n) is 13.3. The maximum atomic E-state index is 12.3. The van der Waals surface area contributed by atoms with Crippen molar-refractivity contribution in [3.8, 4) is 0 Å². The van der Waals surface area contributed by atoms with Crippen LogP contribution in [0.15, 0.2) is 43.0 Å². The van der Waals surface area contributed by atoms with Crippen LogP contribution in [0, 0.1) is 5.92 Å². The van der Waals surface area contributed by atoms with Gasteiger partial charge in [-0.3, -0.25) is 14.2 Å². The minimum atomic E-state index is -1.65. The number of esters is 1. The molecule has 2 atom stereocenters. The van der Waals surface area contributed by atoms with Gasteiger partial charge in [0.2, 0.25) is 0 Å². The predicted octanol–water partition coefficient (Wildman–Crippen LogP) is 1.38. The molecule has 134 valence electrons. The Kier molecular flexibility index (Phi) is 5.10. The molecule has 1 aromatic carbocycles. The fraction of sp³-hybridized carbons (Fsp3) is 0.188. The van der Waals surface area contributed by atoms with Crippen molar-refractivity contribution in [2.24, 2.45) is 11.7 Å². The van der Waals surface area contributed by atoms with Gasteiger partial charge in [0.1, 0.15) is 24.6 Å². The standard InChI is InChI=1S/C16H14ClN5O4/c17-12-11-14(20-7-19-12)22(8-21-11)13(18)10(15(23)24)16(25)26-6-9-4-2-1-3-5-9/h1-5,7-8,10,13H,6,18H2,(H,23,24)/t10-,13?/m0/s1. The number of ether oxygens (including phenoxy) is 1. The average Bonchev–Trinajstić information content (AvgIpc) is 3.06. The zero-order chi connectivity index (χ0) is 18.7. The highest BCUT2D eigenvalue weighted by Crippen LogP contribution is 2.23. The van der Waals surface area contributed by atoms with Crippen LogP contribution in [0.5, 0.6) is 0 Å². The fourth-order valence-corrected chi connectivity index (χ4v) is 2.58. The SMILES string of the molecule is NC([C@@H](C(=O)O)C(=O)OCc1ccccc1)n1cnc2c(Cl)ncnc21. The molecule has 3 rings (SSSR count). The lowest BCUT2D eigenvalue weighted by Gasteiger charge is -2.20. The van der Waals surface area contributed by atoms with E-state index < -0.39 is 24.0 Å². The summed E-state index contributed by atoms with van der Waals surface area (Å²) in [5.74, 6) is -4.03. The van der Waals surface area contributed by atoms with Crippen LogP contribution in [0.2, 0.25) is 5.15 Å². The number of rotatable bonds is 6. The first kappa shape index (κ1) is 17.8. The number of aromatic nitrogens is 4. The van der Waals surface area contributed by atoms with Gasteiger partial charge in [-0.05, 0) is 5.56 Å². The van der Waals surface area contributed by atoms with E-state index in [-0.39, 0.29) is 22.9 Å². The second kappa shape index (κ2) is 7.46. The van der Waals surface area contributed by atoms with Crippen LogP contribution < -0.4 is 5.73 Å². The van der Waals surface area contributed by atoms with Crippen LogP contribution in [0.4, 0.5) is 0 Å². The first-order valence-electron chi connectivity index (χ1n) is 7.51. The molecule has 2 heterocycles. The van der Waals surface area contributed by atoms with Gasteiger partial charge in [0, 0.05) is 0 Å². The number of carbonyl (C=O) groups is 2. The number of halogens is 1. The second-order valence-electron chi connectivity index (χ2n) is 5.39. The number of carbonyl (C=O) groups excluding carboxylic acids is 1. The molecule has 1 unspecified atom stereocenters. The summed E-state index contributed by atoms with van der Waals surface area (Å²) in [5, 5.41) is 9.56. The van der Waals surface area contributed by atoms with Gasteiger partial charge in [0.15, 0.2) is 16.7 Å². The van der Waals surface area contributed by atoms with Crippen molar-refractivity contribution in [3.63, 3.8) is 0 Å². The van der Waals surface area contributed by atoms with E-state index in [0.29, 0.717) is 0 Å². The fourth-order valence-electron chi connectivity index (χ4n) is 2.41. The van der Waals surface area contributed by atoms with E-state index in [1.54, 1.807) is 24.3 Å². The van der Waals surface area contributed by atoms with Crippen molar-refractivity contribution < 1.29 is 19.4 Å². The van der Waals surface area contributed by atoms with Crippen molar-refractivity contribution in [2.75, 3.05) is 0 Å². The summed E-state index contributed by atoms with van der Waals surface area (Å²) in [6, 6.07) is 8.89. The van der Waals surface area contributed by atoms with Gasteiger partial charge >= 0.3 is 11.9 Å². The second-order valence-corrected chi connectivity index (χ2v) is 5.75. The Balaban J connectivity index is 1.83. The monoisotopic (exact) mass is 375 g/mol. The molecule has 0 saturated heterocycles. The molecule has 0 aliphatic rings. The van der Waals surface area contributed by atoms with Crippen molar-refractivity contribution in [1.82, 2.24) is 19.5 Å². The van der Waals surface area contributed by atoms with Crippen LogP contribution >= 0.6 is 11.6 Å². The smallest absolute Gasteiger partial charge is 0.324 e. The topological polar surface area (TPSA) is 133 Å². The summed E-state index contributed by atoms with van der Waals surface area (Å²) in [6.45, 7) is -0.0607. The summed E-state index contributed by atoms with van der Waals surface area (Å²) >= 11 is 5.92. The molecular formula is C16H14ClN5O4. The number of hydrogen-bond donors (Lipinski definition) is 2. The molecule has 0 aliphatic heterocycles. The number of nitrogens with two attached hydrogens (primary N) is 1. The molecule has 3 N–H and O–H groups in total. The minimum Gasteiger partial charge on any atom is -0.481 e. The molecule has 9 nitrogen and oxygen atoms in total. The number of carboxylic acids is 1. The van der Waals surface area contributed by atoms with Gasteiger partial charge in [-0.25, -0.2) is 15.0 Å². The highest BCUT2D eigenvalue weighted by Gasteiger charge is 2.36. The molecule has 3 aromatic rings. The number of imidazole rings is 1. The molecule has 2 aromatic heterocycles. The molecular weight excluding hydrogens is 362 g/mol. The van der Waals surface area contributed by atoms with E-state index >= 15 is 0 Å². The van der Waals surface area contributed by atoms with E-state index in [9.17, 15) is 14.7 Å². The number of nitrogens with zero attached hydrogens (tertiary/aromatic N) is 4. The average molecular weight is 376 g/mol. The Morgan fingerprint density at radius 1 is 1.23 bits per heavy atom. The third-order valence-electron chi connectivity index (χ3n) is 3.72. The lowest BCUT2D eigenvalue weighted by molar-refractivity contribution is -0.161. The Labute approximate surface area is 152 Å². The predicted molar refractivity (Wildman–Crippen MR) is 90.9 cm³/mol. The molecule has 0 spiro atoms. The van der Waals surface area contributed by atoms with Crippen LogP contribution in [-0.4, -0.2) is 36.6 Å². The van der Waals surface area contributed by atoms with Gasteiger partial charge in [0.25, 0.3) is 0 Å². The molecule has 26 heavy (non-hydrogen) atoms.